The number of aliphatic hydroxyl groups excluding tert-OH is 1. The molecule has 0 amide bonds. The molecule has 3 nitrogen and oxygen atoms in total. The van der Waals surface area contributed by atoms with Crippen molar-refractivity contribution in [3.8, 4) is 0 Å². The van der Waals surface area contributed by atoms with Crippen molar-refractivity contribution in [1.29, 1.82) is 0 Å². The van der Waals surface area contributed by atoms with Crippen molar-refractivity contribution < 1.29 is 5.11 Å². The maximum atomic E-state index is 8.74. The maximum absolute atomic E-state index is 8.74. The molecule has 2 N–H and O–H groups in total. The van der Waals surface area contributed by atoms with Gasteiger partial charge in [0.15, 0.2) is 0 Å². The van der Waals surface area contributed by atoms with Gasteiger partial charge in [0.2, 0.25) is 0 Å². The first kappa shape index (κ1) is 13.9. The molecule has 96 valence electrons. The summed E-state index contributed by atoms with van der Waals surface area (Å²) in [4.78, 5) is 2.42. The highest BCUT2D eigenvalue weighted by molar-refractivity contribution is 4.71. The van der Waals surface area contributed by atoms with Crippen LogP contribution in [0.2, 0.25) is 0 Å². The molecule has 0 radical (unpaired) electrons. The molecular formula is C13H28N2O. The minimum atomic E-state index is 0.320. The normalized spacial score (nSPS) is 21.2. The third-order valence-corrected chi connectivity index (χ3v) is 3.68. The maximum Gasteiger partial charge on any atom is 0.0431 e. The Morgan fingerprint density at radius 2 is 2.06 bits per heavy atom. The van der Waals surface area contributed by atoms with E-state index in [4.69, 9.17) is 5.11 Å². The highest BCUT2D eigenvalue weighted by Gasteiger charge is 2.16. The number of piperidine rings is 1. The topological polar surface area (TPSA) is 35.5 Å². The molecule has 0 bridgehead atoms. The fraction of sp³-hybridized carbons (Fsp3) is 1.00. The van der Waals surface area contributed by atoms with E-state index in [1.807, 2.05) is 0 Å². The van der Waals surface area contributed by atoms with Crippen LogP contribution in [0, 0.1) is 5.92 Å². The van der Waals surface area contributed by atoms with E-state index in [0.717, 1.165) is 25.3 Å². The third-order valence-electron chi connectivity index (χ3n) is 3.68. The largest absolute Gasteiger partial charge is 0.396 e. The molecule has 0 aliphatic carbocycles. The molecule has 1 atom stereocenters. The molecule has 1 rings (SSSR count). The lowest BCUT2D eigenvalue weighted by Gasteiger charge is -2.29. The van der Waals surface area contributed by atoms with Crippen molar-refractivity contribution in [2.75, 3.05) is 33.3 Å². The van der Waals surface area contributed by atoms with Gasteiger partial charge in [-0.3, -0.25) is 0 Å². The van der Waals surface area contributed by atoms with Gasteiger partial charge in [0, 0.05) is 12.6 Å². The molecule has 1 unspecified atom stereocenters. The molecule has 3 heteroatoms. The summed E-state index contributed by atoms with van der Waals surface area (Å²) in [5.41, 5.74) is 0. The molecule has 0 aromatic rings. The molecule has 0 spiro atoms. The minimum Gasteiger partial charge on any atom is -0.396 e. The fourth-order valence-corrected chi connectivity index (χ4v) is 2.38. The van der Waals surface area contributed by atoms with Crippen LogP contribution in [0.4, 0.5) is 0 Å². The van der Waals surface area contributed by atoms with Crippen LogP contribution in [-0.4, -0.2) is 49.3 Å². The second-order valence-corrected chi connectivity index (χ2v) is 5.26. The van der Waals surface area contributed by atoms with Gasteiger partial charge in [-0.15, -0.1) is 0 Å². The van der Waals surface area contributed by atoms with E-state index < -0.39 is 0 Å². The van der Waals surface area contributed by atoms with E-state index in [1.165, 1.54) is 32.4 Å². The van der Waals surface area contributed by atoms with Crippen molar-refractivity contribution in [2.45, 2.75) is 45.1 Å². The van der Waals surface area contributed by atoms with Gasteiger partial charge in [0.05, 0.1) is 0 Å². The average Bonchev–Trinajstić information content (AvgIpc) is 2.29. The van der Waals surface area contributed by atoms with Crippen LogP contribution in [0.3, 0.4) is 0 Å². The zero-order valence-electron chi connectivity index (χ0n) is 10.9. The second kappa shape index (κ2) is 8.04. The van der Waals surface area contributed by atoms with Crippen molar-refractivity contribution in [3.05, 3.63) is 0 Å². The lowest BCUT2D eigenvalue weighted by atomic mass is 9.94. The zero-order valence-corrected chi connectivity index (χ0v) is 10.9. The molecule has 1 aliphatic heterocycles. The van der Waals surface area contributed by atoms with E-state index in [1.54, 1.807) is 0 Å². The van der Waals surface area contributed by atoms with Gasteiger partial charge in [0.25, 0.3) is 0 Å². The number of hydrogen-bond donors (Lipinski definition) is 2. The third kappa shape index (κ3) is 5.83. The zero-order chi connectivity index (χ0) is 11.8. The monoisotopic (exact) mass is 228 g/mol. The SMILES string of the molecule is CC(CCCO)NCCC1CCN(C)CC1. The van der Waals surface area contributed by atoms with Gasteiger partial charge >= 0.3 is 0 Å². The minimum absolute atomic E-state index is 0.320. The summed E-state index contributed by atoms with van der Waals surface area (Å²) < 4.78 is 0. The second-order valence-electron chi connectivity index (χ2n) is 5.26. The lowest BCUT2D eigenvalue weighted by Crippen LogP contribution is -2.33. The molecule has 1 saturated heterocycles. The van der Waals surface area contributed by atoms with Crippen LogP contribution in [0.1, 0.15) is 39.0 Å². The molecule has 0 saturated carbocycles. The Bertz CT molecular complexity index is 167. The highest BCUT2D eigenvalue weighted by Crippen LogP contribution is 2.18. The molecule has 1 aliphatic rings. The summed E-state index contributed by atoms with van der Waals surface area (Å²) in [6, 6.07) is 0.554. The number of nitrogens with zero attached hydrogens (tertiary/aromatic N) is 1. The predicted octanol–water partition coefficient (Wildman–Crippen LogP) is 1.47. The fourth-order valence-electron chi connectivity index (χ4n) is 2.38. The van der Waals surface area contributed by atoms with Crippen molar-refractivity contribution in [1.82, 2.24) is 10.2 Å². The van der Waals surface area contributed by atoms with Gasteiger partial charge in [0.1, 0.15) is 0 Å². The number of rotatable bonds is 7. The van der Waals surface area contributed by atoms with Crippen LogP contribution in [0.25, 0.3) is 0 Å². The molecule has 0 aromatic carbocycles. The quantitative estimate of drug-likeness (QED) is 0.692. The Labute approximate surface area is 100 Å². The smallest absolute Gasteiger partial charge is 0.0431 e. The summed E-state index contributed by atoms with van der Waals surface area (Å²) in [5, 5.41) is 12.3. The summed E-state index contributed by atoms with van der Waals surface area (Å²) in [7, 11) is 2.21. The van der Waals surface area contributed by atoms with Crippen LogP contribution >= 0.6 is 0 Å². The first-order valence-corrected chi connectivity index (χ1v) is 6.75. The predicted molar refractivity (Wildman–Crippen MR) is 68.6 cm³/mol. The summed E-state index contributed by atoms with van der Waals surface area (Å²) >= 11 is 0. The first-order valence-electron chi connectivity index (χ1n) is 6.75. The van der Waals surface area contributed by atoms with Gasteiger partial charge in [-0.1, -0.05) is 0 Å². The summed E-state index contributed by atoms with van der Waals surface area (Å²) in [5.74, 6) is 0.925. The highest BCUT2D eigenvalue weighted by atomic mass is 16.2. The Kier molecular flexibility index (Phi) is 7.01. The van der Waals surface area contributed by atoms with E-state index in [2.05, 4.69) is 24.2 Å². The molecular weight excluding hydrogens is 200 g/mol. The molecule has 16 heavy (non-hydrogen) atoms. The molecule has 0 aromatic heterocycles. The average molecular weight is 228 g/mol. The van der Waals surface area contributed by atoms with E-state index >= 15 is 0 Å². The van der Waals surface area contributed by atoms with Gasteiger partial charge in [-0.25, -0.2) is 0 Å². The van der Waals surface area contributed by atoms with Crippen LogP contribution in [0.15, 0.2) is 0 Å². The number of aliphatic hydroxyl groups is 1. The van der Waals surface area contributed by atoms with Gasteiger partial charge in [-0.2, -0.15) is 0 Å². The molecule has 1 heterocycles. The van der Waals surface area contributed by atoms with Crippen LogP contribution in [-0.2, 0) is 0 Å². The van der Waals surface area contributed by atoms with Gasteiger partial charge in [-0.05, 0) is 71.6 Å². The number of nitrogens with one attached hydrogen (secondary N) is 1. The van der Waals surface area contributed by atoms with Gasteiger partial charge < -0.3 is 15.3 Å². The Hall–Kier alpha value is -0.120. The summed E-state index contributed by atoms with van der Waals surface area (Å²) in [6.45, 7) is 6.21. The van der Waals surface area contributed by atoms with Crippen molar-refractivity contribution in [2.24, 2.45) is 5.92 Å². The van der Waals surface area contributed by atoms with Crippen LogP contribution in [0.5, 0.6) is 0 Å². The number of hydrogen-bond acceptors (Lipinski definition) is 3. The number of likely N-dealkylation sites (tertiary alicyclic amines) is 1. The Morgan fingerprint density at radius 1 is 1.38 bits per heavy atom. The summed E-state index contributed by atoms with van der Waals surface area (Å²) in [6.07, 6.45) is 6.05. The van der Waals surface area contributed by atoms with E-state index in [-0.39, 0.29) is 0 Å². The molecule has 1 fully saturated rings. The van der Waals surface area contributed by atoms with Crippen molar-refractivity contribution in [3.63, 3.8) is 0 Å². The van der Waals surface area contributed by atoms with Crippen molar-refractivity contribution >= 4 is 0 Å². The Morgan fingerprint density at radius 3 is 2.69 bits per heavy atom. The van der Waals surface area contributed by atoms with E-state index in [9.17, 15) is 0 Å². The van der Waals surface area contributed by atoms with E-state index in [0.29, 0.717) is 12.6 Å². The first-order chi connectivity index (χ1) is 7.72. The lowest BCUT2D eigenvalue weighted by molar-refractivity contribution is 0.210. The Balaban J connectivity index is 1.98. The van der Waals surface area contributed by atoms with Crippen LogP contribution < -0.4 is 5.32 Å². The standard InChI is InChI=1S/C13H28N2O/c1-12(4-3-11-16)14-8-5-13-6-9-15(2)10-7-13/h12-14,16H,3-11H2,1-2H3.